The van der Waals surface area contributed by atoms with Gasteiger partial charge in [-0.25, -0.2) is 0 Å². The van der Waals surface area contributed by atoms with E-state index in [1.54, 1.807) is 11.8 Å². The maximum absolute atomic E-state index is 13.1. The summed E-state index contributed by atoms with van der Waals surface area (Å²) in [4.78, 5) is 27.3. The molecule has 2 amide bonds. The van der Waals surface area contributed by atoms with Crippen molar-refractivity contribution >= 4 is 11.8 Å². The number of nitrogens with zero attached hydrogens (tertiary/aromatic N) is 1. The average molecular weight is 367 g/mol. The first-order chi connectivity index (χ1) is 12.8. The van der Waals surface area contributed by atoms with Crippen LogP contribution in [0.4, 0.5) is 0 Å². The van der Waals surface area contributed by atoms with Crippen molar-refractivity contribution in [3.8, 4) is 0 Å². The van der Waals surface area contributed by atoms with Gasteiger partial charge in [0.2, 0.25) is 11.8 Å². The van der Waals surface area contributed by atoms with E-state index in [-0.39, 0.29) is 24.3 Å². The highest BCUT2D eigenvalue weighted by Gasteiger charge is 2.26. The van der Waals surface area contributed by atoms with Crippen molar-refractivity contribution in [3.63, 3.8) is 0 Å². The van der Waals surface area contributed by atoms with Crippen LogP contribution in [-0.2, 0) is 22.6 Å². The quantitative estimate of drug-likeness (QED) is 0.810. The first-order valence-corrected chi connectivity index (χ1v) is 9.47. The SMILES string of the molecule is Cc1cccc(CC(=O)N(Cc2cccc(C)c2)[C@@H](C)C(=O)NC(C)C)c1. The highest BCUT2D eigenvalue weighted by molar-refractivity contribution is 5.88. The predicted molar refractivity (Wildman–Crippen MR) is 109 cm³/mol. The number of nitrogens with one attached hydrogen (secondary N) is 1. The van der Waals surface area contributed by atoms with Gasteiger partial charge in [-0.3, -0.25) is 9.59 Å². The van der Waals surface area contributed by atoms with Gasteiger partial charge in [0.05, 0.1) is 6.42 Å². The van der Waals surface area contributed by atoms with Gasteiger partial charge in [-0.2, -0.15) is 0 Å². The molecular weight excluding hydrogens is 336 g/mol. The van der Waals surface area contributed by atoms with E-state index in [2.05, 4.69) is 11.4 Å². The molecule has 0 aromatic heterocycles. The smallest absolute Gasteiger partial charge is 0.242 e. The Morgan fingerprint density at radius 3 is 2.04 bits per heavy atom. The molecule has 1 atom stereocenters. The summed E-state index contributed by atoms with van der Waals surface area (Å²) in [7, 11) is 0. The number of benzene rings is 2. The molecule has 0 fully saturated rings. The zero-order valence-electron chi connectivity index (χ0n) is 17.0. The Morgan fingerprint density at radius 2 is 1.48 bits per heavy atom. The Morgan fingerprint density at radius 1 is 0.926 bits per heavy atom. The molecule has 0 bridgehead atoms. The van der Waals surface area contributed by atoms with Crippen molar-refractivity contribution < 1.29 is 9.59 Å². The minimum Gasteiger partial charge on any atom is -0.352 e. The highest BCUT2D eigenvalue weighted by atomic mass is 16.2. The number of carbonyl (C=O) groups is 2. The van der Waals surface area contributed by atoms with Gasteiger partial charge < -0.3 is 10.2 Å². The molecule has 2 rings (SSSR count). The summed E-state index contributed by atoms with van der Waals surface area (Å²) in [6.07, 6.45) is 0.285. The van der Waals surface area contributed by atoms with E-state index in [9.17, 15) is 9.59 Å². The maximum Gasteiger partial charge on any atom is 0.242 e. The highest BCUT2D eigenvalue weighted by Crippen LogP contribution is 2.14. The molecule has 0 heterocycles. The van der Waals surface area contributed by atoms with Gasteiger partial charge in [-0.1, -0.05) is 59.7 Å². The van der Waals surface area contributed by atoms with Crippen LogP contribution in [0.15, 0.2) is 48.5 Å². The third-order valence-electron chi connectivity index (χ3n) is 4.47. The van der Waals surface area contributed by atoms with Gasteiger partial charge >= 0.3 is 0 Å². The lowest BCUT2D eigenvalue weighted by Crippen LogP contribution is -2.49. The summed E-state index contributed by atoms with van der Waals surface area (Å²) in [5.74, 6) is -0.177. The van der Waals surface area contributed by atoms with Gasteiger partial charge in [0.25, 0.3) is 0 Å². The number of carbonyl (C=O) groups excluding carboxylic acids is 2. The Balaban J connectivity index is 2.24. The van der Waals surface area contributed by atoms with Crippen LogP contribution in [0, 0.1) is 13.8 Å². The van der Waals surface area contributed by atoms with E-state index < -0.39 is 6.04 Å². The standard InChI is InChI=1S/C23H30N2O2/c1-16(2)24-23(27)19(5)25(15-21-11-7-9-18(4)13-21)22(26)14-20-10-6-8-17(3)12-20/h6-13,16,19H,14-15H2,1-5H3,(H,24,27)/t19-/m0/s1. The van der Waals surface area contributed by atoms with Crippen molar-refractivity contribution in [2.24, 2.45) is 0 Å². The summed E-state index contributed by atoms with van der Waals surface area (Å²) in [5, 5.41) is 2.92. The molecule has 4 heteroatoms. The predicted octanol–water partition coefficient (Wildman–Crippen LogP) is 3.79. The second kappa shape index (κ2) is 9.36. The average Bonchev–Trinajstić information content (AvgIpc) is 2.58. The molecule has 1 N–H and O–H groups in total. The molecule has 0 aliphatic rings. The van der Waals surface area contributed by atoms with Crippen molar-refractivity contribution in [3.05, 3.63) is 70.8 Å². The number of aryl methyl sites for hydroxylation is 2. The van der Waals surface area contributed by atoms with E-state index in [0.717, 1.165) is 22.3 Å². The first kappa shape index (κ1) is 20.7. The van der Waals surface area contributed by atoms with Crippen molar-refractivity contribution in [2.75, 3.05) is 0 Å². The normalized spacial score (nSPS) is 11.9. The van der Waals surface area contributed by atoms with Crippen LogP contribution in [-0.4, -0.2) is 28.8 Å². The molecule has 144 valence electrons. The molecule has 4 nitrogen and oxygen atoms in total. The Labute approximate surface area is 162 Å². The van der Waals surface area contributed by atoms with Gasteiger partial charge in [0.1, 0.15) is 6.04 Å². The van der Waals surface area contributed by atoms with E-state index >= 15 is 0 Å². The van der Waals surface area contributed by atoms with Crippen LogP contribution >= 0.6 is 0 Å². The summed E-state index contributed by atoms with van der Waals surface area (Å²) in [6, 6.07) is 15.5. The van der Waals surface area contributed by atoms with Crippen LogP contribution in [0.5, 0.6) is 0 Å². The number of hydrogen-bond donors (Lipinski definition) is 1. The summed E-state index contributed by atoms with van der Waals surface area (Å²) < 4.78 is 0. The third kappa shape index (κ3) is 6.24. The maximum atomic E-state index is 13.1. The summed E-state index contributed by atoms with van der Waals surface area (Å²) in [5.41, 5.74) is 4.25. The summed E-state index contributed by atoms with van der Waals surface area (Å²) in [6.45, 7) is 10.1. The zero-order chi connectivity index (χ0) is 20.0. The lowest BCUT2D eigenvalue weighted by molar-refractivity contribution is -0.140. The lowest BCUT2D eigenvalue weighted by atomic mass is 10.1. The lowest BCUT2D eigenvalue weighted by Gasteiger charge is -2.29. The molecule has 2 aromatic carbocycles. The Kier molecular flexibility index (Phi) is 7.17. The van der Waals surface area contributed by atoms with Crippen LogP contribution < -0.4 is 5.32 Å². The Hall–Kier alpha value is -2.62. The molecule has 0 saturated carbocycles. The molecule has 0 radical (unpaired) electrons. The molecule has 27 heavy (non-hydrogen) atoms. The molecular formula is C23H30N2O2. The second-order valence-corrected chi connectivity index (χ2v) is 7.52. The fraction of sp³-hybridized carbons (Fsp3) is 0.391. The fourth-order valence-electron chi connectivity index (χ4n) is 3.09. The first-order valence-electron chi connectivity index (χ1n) is 9.47. The van der Waals surface area contributed by atoms with Crippen LogP contribution in [0.2, 0.25) is 0 Å². The number of amides is 2. The van der Waals surface area contributed by atoms with Crippen LogP contribution in [0.3, 0.4) is 0 Å². The number of hydrogen-bond acceptors (Lipinski definition) is 2. The van der Waals surface area contributed by atoms with E-state index in [0.29, 0.717) is 6.54 Å². The molecule has 0 aliphatic carbocycles. The van der Waals surface area contributed by atoms with Gasteiger partial charge in [-0.15, -0.1) is 0 Å². The van der Waals surface area contributed by atoms with Gasteiger partial charge in [0.15, 0.2) is 0 Å². The minimum absolute atomic E-state index is 0.0349. The molecule has 0 unspecified atom stereocenters. The fourth-order valence-corrected chi connectivity index (χ4v) is 3.09. The van der Waals surface area contributed by atoms with Crippen molar-refractivity contribution in [1.82, 2.24) is 10.2 Å². The topological polar surface area (TPSA) is 49.4 Å². The molecule has 0 aliphatic heterocycles. The Bertz CT molecular complexity index is 798. The van der Waals surface area contributed by atoms with E-state index in [1.165, 1.54) is 0 Å². The van der Waals surface area contributed by atoms with Crippen molar-refractivity contribution in [1.29, 1.82) is 0 Å². The molecule has 0 spiro atoms. The van der Waals surface area contributed by atoms with Crippen LogP contribution in [0.25, 0.3) is 0 Å². The van der Waals surface area contributed by atoms with E-state index in [1.807, 2.05) is 70.2 Å². The minimum atomic E-state index is -0.537. The number of rotatable bonds is 7. The van der Waals surface area contributed by atoms with Gasteiger partial charge in [-0.05, 0) is 45.7 Å². The van der Waals surface area contributed by atoms with Crippen LogP contribution in [0.1, 0.15) is 43.0 Å². The zero-order valence-corrected chi connectivity index (χ0v) is 17.0. The van der Waals surface area contributed by atoms with E-state index in [4.69, 9.17) is 0 Å². The van der Waals surface area contributed by atoms with Crippen molar-refractivity contribution in [2.45, 2.75) is 59.7 Å². The van der Waals surface area contributed by atoms with Gasteiger partial charge in [0, 0.05) is 12.6 Å². The third-order valence-corrected chi connectivity index (χ3v) is 4.47. The summed E-state index contributed by atoms with van der Waals surface area (Å²) >= 11 is 0. The molecule has 0 saturated heterocycles. The monoisotopic (exact) mass is 366 g/mol. The largest absolute Gasteiger partial charge is 0.352 e. The molecule has 2 aromatic rings. The second-order valence-electron chi connectivity index (χ2n) is 7.52.